The summed E-state index contributed by atoms with van der Waals surface area (Å²) in [6, 6.07) is 2.73. The predicted octanol–water partition coefficient (Wildman–Crippen LogP) is 2.48. The lowest BCUT2D eigenvalue weighted by Crippen LogP contribution is -2.43. The van der Waals surface area contributed by atoms with E-state index in [1.54, 1.807) is 0 Å². The van der Waals surface area contributed by atoms with Gasteiger partial charge in [0.25, 0.3) is 0 Å². The van der Waals surface area contributed by atoms with E-state index in [0.29, 0.717) is 11.5 Å². The van der Waals surface area contributed by atoms with Crippen molar-refractivity contribution in [3.8, 4) is 0 Å². The maximum Gasteiger partial charge on any atom is 0.0762 e. The van der Waals surface area contributed by atoms with Gasteiger partial charge in [-0.25, -0.2) is 0 Å². The van der Waals surface area contributed by atoms with Gasteiger partial charge in [0.1, 0.15) is 0 Å². The molecule has 0 radical (unpaired) electrons. The van der Waals surface area contributed by atoms with Crippen molar-refractivity contribution in [1.82, 2.24) is 15.1 Å². The first-order chi connectivity index (χ1) is 7.58. The van der Waals surface area contributed by atoms with Gasteiger partial charge in [-0.2, -0.15) is 5.10 Å². The first-order valence-corrected chi connectivity index (χ1v) is 6.30. The summed E-state index contributed by atoms with van der Waals surface area (Å²) in [5.74, 6) is 0. The molecule has 1 N–H and O–H groups in total. The van der Waals surface area contributed by atoms with Crippen LogP contribution in [0.4, 0.5) is 0 Å². The van der Waals surface area contributed by atoms with Crippen molar-refractivity contribution in [2.45, 2.75) is 52.1 Å². The van der Waals surface area contributed by atoms with Crippen LogP contribution in [0.5, 0.6) is 0 Å². The van der Waals surface area contributed by atoms with Gasteiger partial charge in [-0.05, 0) is 24.3 Å². The standard InChI is InChI=1S/C13H23N3/c1-13(2)8-5-4-6-12(13)14-10-11-7-9-16(3)15-11/h7,9,12,14H,4-6,8,10H2,1-3H3. The molecular weight excluding hydrogens is 198 g/mol. The van der Waals surface area contributed by atoms with Crippen LogP contribution in [0.3, 0.4) is 0 Å². The van der Waals surface area contributed by atoms with Crippen LogP contribution >= 0.6 is 0 Å². The Bertz CT molecular complexity index is 341. The quantitative estimate of drug-likeness (QED) is 0.850. The summed E-state index contributed by atoms with van der Waals surface area (Å²) in [5, 5.41) is 8.06. The Morgan fingerprint density at radius 2 is 2.31 bits per heavy atom. The van der Waals surface area contributed by atoms with E-state index in [9.17, 15) is 0 Å². The molecule has 0 saturated heterocycles. The summed E-state index contributed by atoms with van der Waals surface area (Å²) in [4.78, 5) is 0. The molecule has 1 heterocycles. The molecule has 1 aliphatic rings. The molecule has 0 spiro atoms. The zero-order valence-electron chi connectivity index (χ0n) is 10.7. The molecule has 1 aromatic heterocycles. The van der Waals surface area contributed by atoms with E-state index in [2.05, 4.69) is 30.3 Å². The fourth-order valence-corrected chi connectivity index (χ4v) is 2.66. The van der Waals surface area contributed by atoms with Gasteiger partial charge in [0.2, 0.25) is 0 Å². The lowest BCUT2D eigenvalue weighted by atomic mass is 9.73. The Morgan fingerprint density at radius 3 is 2.94 bits per heavy atom. The number of aryl methyl sites for hydroxylation is 1. The first-order valence-electron chi connectivity index (χ1n) is 6.30. The lowest BCUT2D eigenvalue weighted by molar-refractivity contribution is 0.166. The fourth-order valence-electron chi connectivity index (χ4n) is 2.66. The van der Waals surface area contributed by atoms with Crippen LogP contribution < -0.4 is 5.32 Å². The average molecular weight is 221 g/mol. The molecular formula is C13H23N3. The van der Waals surface area contributed by atoms with E-state index < -0.39 is 0 Å². The zero-order chi connectivity index (χ0) is 11.6. The second kappa shape index (κ2) is 4.58. The smallest absolute Gasteiger partial charge is 0.0762 e. The van der Waals surface area contributed by atoms with Gasteiger partial charge in [-0.15, -0.1) is 0 Å². The highest BCUT2D eigenvalue weighted by molar-refractivity contribution is 4.99. The third-order valence-electron chi connectivity index (χ3n) is 3.81. The number of nitrogens with one attached hydrogen (secondary N) is 1. The fraction of sp³-hybridized carbons (Fsp3) is 0.769. The number of hydrogen-bond donors (Lipinski definition) is 1. The summed E-state index contributed by atoms with van der Waals surface area (Å²) in [6.45, 7) is 5.65. The summed E-state index contributed by atoms with van der Waals surface area (Å²) >= 11 is 0. The monoisotopic (exact) mass is 221 g/mol. The molecule has 3 nitrogen and oxygen atoms in total. The minimum absolute atomic E-state index is 0.438. The molecule has 2 rings (SSSR count). The van der Waals surface area contributed by atoms with Crippen LogP contribution in [0.1, 0.15) is 45.2 Å². The Kier molecular flexibility index (Phi) is 3.33. The molecule has 1 aliphatic carbocycles. The summed E-state index contributed by atoms with van der Waals surface area (Å²) in [7, 11) is 1.97. The normalized spacial score (nSPS) is 24.6. The molecule has 1 fully saturated rings. The van der Waals surface area contributed by atoms with Crippen LogP contribution in [0.25, 0.3) is 0 Å². The Balaban J connectivity index is 1.89. The van der Waals surface area contributed by atoms with Crippen LogP contribution in [0.15, 0.2) is 12.3 Å². The minimum Gasteiger partial charge on any atom is -0.308 e. The number of aromatic nitrogens is 2. The molecule has 1 unspecified atom stereocenters. The Morgan fingerprint density at radius 1 is 1.50 bits per heavy atom. The van der Waals surface area contributed by atoms with Gasteiger partial charge in [0, 0.05) is 25.8 Å². The van der Waals surface area contributed by atoms with Crippen LogP contribution in [0, 0.1) is 5.41 Å². The summed E-state index contributed by atoms with van der Waals surface area (Å²) < 4.78 is 1.86. The van der Waals surface area contributed by atoms with Crippen molar-refractivity contribution in [3.63, 3.8) is 0 Å². The van der Waals surface area contributed by atoms with E-state index in [1.165, 1.54) is 25.7 Å². The molecule has 3 heteroatoms. The highest BCUT2D eigenvalue weighted by Gasteiger charge is 2.31. The number of nitrogens with zero attached hydrogens (tertiary/aromatic N) is 2. The topological polar surface area (TPSA) is 29.9 Å². The third kappa shape index (κ3) is 2.64. The summed E-state index contributed by atoms with van der Waals surface area (Å²) in [5.41, 5.74) is 1.58. The van der Waals surface area contributed by atoms with Gasteiger partial charge < -0.3 is 5.32 Å². The molecule has 0 bridgehead atoms. The van der Waals surface area contributed by atoms with Crippen molar-refractivity contribution in [3.05, 3.63) is 18.0 Å². The van der Waals surface area contributed by atoms with Crippen LogP contribution in [-0.2, 0) is 13.6 Å². The van der Waals surface area contributed by atoms with Crippen molar-refractivity contribution in [2.24, 2.45) is 12.5 Å². The van der Waals surface area contributed by atoms with Gasteiger partial charge in [0.15, 0.2) is 0 Å². The molecule has 1 atom stereocenters. The first kappa shape index (κ1) is 11.6. The molecule has 0 amide bonds. The van der Waals surface area contributed by atoms with E-state index in [4.69, 9.17) is 0 Å². The van der Waals surface area contributed by atoms with Crippen LogP contribution in [0.2, 0.25) is 0 Å². The van der Waals surface area contributed by atoms with Gasteiger partial charge in [-0.1, -0.05) is 26.7 Å². The molecule has 0 aliphatic heterocycles. The maximum atomic E-state index is 4.40. The number of rotatable bonds is 3. The van der Waals surface area contributed by atoms with Crippen molar-refractivity contribution < 1.29 is 0 Å². The van der Waals surface area contributed by atoms with Crippen molar-refractivity contribution >= 4 is 0 Å². The highest BCUT2D eigenvalue weighted by Crippen LogP contribution is 2.35. The van der Waals surface area contributed by atoms with Gasteiger partial charge in [-0.3, -0.25) is 4.68 Å². The average Bonchev–Trinajstić information content (AvgIpc) is 2.62. The molecule has 1 aromatic rings. The van der Waals surface area contributed by atoms with Crippen LogP contribution in [-0.4, -0.2) is 15.8 Å². The lowest BCUT2D eigenvalue weighted by Gasteiger charge is -2.39. The Labute approximate surface area is 98.2 Å². The second-order valence-electron chi connectivity index (χ2n) is 5.65. The van der Waals surface area contributed by atoms with Crippen molar-refractivity contribution in [2.75, 3.05) is 0 Å². The molecule has 16 heavy (non-hydrogen) atoms. The summed E-state index contributed by atoms with van der Waals surface area (Å²) in [6.07, 6.45) is 7.40. The zero-order valence-corrected chi connectivity index (χ0v) is 10.7. The van der Waals surface area contributed by atoms with E-state index in [0.717, 1.165) is 12.2 Å². The van der Waals surface area contributed by atoms with E-state index >= 15 is 0 Å². The predicted molar refractivity (Wildman–Crippen MR) is 66.1 cm³/mol. The maximum absolute atomic E-state index is 4.40. The largest absolute Gasteiger partial charge is 0.308 e. The van der Waals surface area contributed by atoms with Crippen molar-refractivity contribution in [1.29, 1.82) is 0 Å². The third-order valence-corrected chi connectivity index (χ3v) is 3.81. The van der Waals surface area contributed by atoms with Gasteiger partial charge >= 0.3 is 0 Å². The van der Waals surface area contributed by atoms with E-state index in [1.807, 2.05) is 17.9 Å². The minimum atomic E-state index is 0.438. The molecule has 90 valence electrons. The molecule has 0 aromatic carbocycles. The second-order valence-corrected chi connectivity index (χ2v) is 5.65. The Hall–Kier alpha value is -0.830. The molecule has 1 saturated carbocycles. The highest BCUT2D eigenvalue weighted by atomic mass is 15.3. The van der Waals surface area contributed by atoms with Gasteiger partial charge in [0.05, 0.1) is 5.69 Å². The number of hydrogen-bond acceptors (Lipinski definition) is 2. The van der Waals surface area contributed by atoms with E-state index in [-0.39, 0.29) is 0 Å². The SMILES string of the molecule is Cn1ccc(CNC2CCCCC2(C)C)n1.